The molecule has 0 atom stereocenters. The lowest BCUT2D eigenvalue weighted by molar-refractivity contribution is 0.161. The number of nitrogens with zero attached hydrogens (tertiary/aromatic N) is 2. The molecule has 0 saturated heterocycles. The normalized spacial score (nSPS) is 10.7. The van der Waals surface area contributed by atoms with Crippen LogP contribution in [0.4, 0.5) is 0 Å². The average Bonchev–Trinajstić information content (AvgIpc) is 2.65. The van der Waals surface area contributed by atoms with E-state index < -0.39 is 0 Å². The number of rotatable bonds is 3. The van der Waals surface area contributed by atoms with Crippen LogP contribution in [-0.2, 0) is 6.54 Å². The van der Waals surface area contributed by atoms with E-state index in [0.717, 1.165) is 21.5 Å². The van der Waals surface area contributed by atoms with Crippen LogP contribution in [-0.4, -0.2) is 14.8 Å². The lowest BCUT2D eigenvalue weighted by Crippen LogP contribution is -2.06. The number of aromatic nitrogens is 2. The van der Waals surface area contributed by atoms with Crippen LogP contribution in [0.15, 0.2) is 35.1 Å². The van der Waals surface area contributed by atoms with Gasteiger partial charge in [0.2, 0.25) is 0 Å². The molecule has 16 heavy (non-hydrogen) atoms. The molecule has 0 aliphatic carbocycles. The molecule has 0 bridgehead atoms. The maximum atomic E-state index is 8.63. The van der Waals surface area contributed by atoms with Gasteiger partial charge in [-0.25, -0.2) is 10.5 Å². The standard InChI is InChI=1S/C11H12BrN3O/c1-8-13-4-5-15(8)11-3-2-9(7-14-16)6-10(11)12/h2-6,14,16H,7H2,1H3. The fourth-order valence-electron chi connectivity index (χ4n) is 1.58. The molecule has 84 valence electrons. The monoisotopic (exact) mass is 281 g/mol. The summed E-state index contributed by atoms with van der Waals surface area (Å²) in [6, 6.07) is 5.92. The maximum absolute atomic E-state index is 8.63. The minimum Gasteiger partial charge on any atom is -0.316 e. The first kappa shape index (κ1) is 11.3. The van der Waals surface area contributed by atoms with E-state index in [1.54, 1.807) is 6.20 Å². The second kappa shape index (κ2) is 4.78. The number of nitrogens with one attached hydrogen (secondary N) is 1. The third-order valence-electron chi connectivity index (χ3n) is 2.38. The van der Waals surface area contributed by atoms with Crippen LogP contribution in [0.25, 0.3) is 5.69 Å². The molecule has 1 aromatic carbocycles. The molecule has 1 aromatic heterocycles. The molecular formula is C11H12BrN3O. The van der Waals surface area contributed by atoms with E-state index in [0.29, 0.717) is 6.54 Å². The third kappa shape index (κ3) is 2.16. The largest absolute Gasteiger partial charge is 0.316 e. The van der Waals surface area contributed by atoms with Crippen molar-refractivity contribution in [2.75, 3.05) is 0 Å². The molecule has 0 radical (unpaired) electrons. The molecule has 0 aliphatic rings. The number of hydrogen-bond acceptors (Lipinski definition) is 3. The molecule has 1 heterocycles. The van der Waals surface area contributed by atoms with Crippen LogP contribution >= 0.6 is 15.9 Å². The van der Waals surface area contributed by atoms with Crippen molar-refractivity contribution in [3.8, 4) is 5.69 Å². The molecule has 5 heteroatoms. The number of imidazole rings is 1. The highest BCUT2D eigenvalue weighted by Crippen LogP contribution is 2.23. The number of aryl methyl sites for hydroxylation is 1. The minimum atomic E-state index is 0.432. The lowest BCUT2D eigenvalue weighted by Gasteiger charge is -2.09. The number of benzene rings is 1. The number of halogens is 1. The van der Waals surface area contributed by atoms with Crippen molar-refractivity contribution < 1.29 is 5.21 Å². The Labute approximate surface area is 102 Å². The number of hydrogen-bond donors (Lipinski definition) is 2. The zero-order valence-electron chi connectivity index (χ0n) is 8.81. The molecule has 2 rings (SSSR count). The summed E-state index contributed by atoms with van der Waals surface area (Å²) in [6.07, 6.45) is 3.68. The van der Waals surface area contributed by atoms with Crippen LogP contribution in [0, 0.1) is 6.92 Å². The van der Waals surface area contributed by atoms with Gasteiger partial charge in [0.1, 0.15) is 5.82 Å². The van der Waals surface area contributed by atoms with Crippen LogP contribution in [0.3, 0.4) is 0 Å². The van der Waals surface area contributed by atoms with Crippen molar-refractivity contribution in [3.05, 3.63) is 46.5 Å². The Balaban J connectivity index is 2.40. The van der Waals surface area contributed by atoms with Gasteiger partial charge in [0.25, 0.3) is 0 Å². The topological polar surface area (TPSA) is 50.1 Å². The van der Waals surface area contributed by atoms with Crippen molar-refractivity contribution in [1.29, 1.82) is 0 Å². The van der Waals surface area contributed by atoms with E-state index in [2.05, 4.69) is 26.4 Å². The Bertz CT molecular complexity index is 496. The molecule has 0 unspecified atom stereocenters. The zero-order chi connectivity index (χ0) is 11.5. The molecule has 0 amide bonds. The Morgan fingerprint density at radius 2 is 2.31 bits per heavy atom. The van der Waals surface area contributed by atoms with Crippen LogP contribution in [0.2, 0.25) is 0 Å². The molecule has 0 saturated carbocycles. The van der Waals surface area contributed by atoms with E-state index in [-0.39, 0.29) is 0 Å². The van der Waals surface area contributed by atoms with Gasteiger partial charge in [-0.05, 0) is 40.5 Å². The van der Waals surface area contributed by atoms with Gasteiger partial charge in [-0.2, -0.15) is 0 Å². The fraction of sp³-hybridized carbons (Fsp3) is 0.182. The molecule has 2 N–H and O–H groups in total. The van der Waals surface area contributed by atoms with Gasteiger partial charge in [0.15, 0.2) is 0 Å². The van der Waals surface area contributed by atoms with Crippen molar-refractivity contribution in [2.24, 2.45) is 0 Å². The first-order valence-corrected chi connectivity index (χ1v) is 5.67. The van der Waals surface area contributed by atoms with E-state index in [4.69, 9.17) is 5.21 Å². The summed E-state index contributed by atoms with van der Waals surface area (Å²) >= 11 is 3.51. The van der Waals surface area contributed by atoms with E-state index in [1.165, 1.54) is 0 Å². The highest BCUT2D eigenvalue weighted by molar-refractivity contribution is 9.10. The first-order valence-electron chi connectivity index (χ1n) is 4.88. The minimum absolute atomic E-state index is 0.432. The second-order valence-corrected chi connectivity index (χ2v) is 4.32. The fourth-order valence-corrected chi connectivity index (χ4v) is 2.20. The maximum Gasteiger partial charge on any atom is 0.110 e. The zero-order valence-corrected chi connectivity index (χ0v) is 10.4. The molecular weight excluding hydrogens is 270 g/mol. The van der Waals surface area contributed by atoms with Crippen molar-refractivity contribution in [3.63, 3.8) is 0 Å². The average molecular weight is 282 g/mol. The van der Waals surface area contributed by atoms with Crippen LogP contribution in [0.5, 0.6) is 0 Å². The van der Waals surface area contributed by atoms with E-state index in [1.807, 2.05) is 35.9 Å². The van der Waals surface area contributed by atoms with Crippen molar-refractivity contribution in [1.82, 2.24) is 15.0 Å². The summed E-state index contributed by atoms with van der Waals surface area (Å²) in [4.78, 5) is 4.18. The molecule has 0 fully saturated rings. The Hall–Kier alpha value is -1.17. The Morgan fingerprint density at radius 1 is 1.50 bits per heavy atom. The predicted molar refractivity (Wildman–Crippen MR) is 64.6 cm³/mol. The first-order chi connectivity index (χ1) is 7.72. The van der Waals surface area contributed by atoms with E-state index in [9.17, 15) is 0 Å². The highest BCUT2D eigenvalue weighted by Gasteiger charge is 2.05. The molecule has 0 spiro atoms. The summed E-state index contributed by atoms with van der Waals surface area (Å²) in [6.45, 7) is 2.39. The lowest BCUT2D eigenvalue weighted by atomic mass is 10.2. The predicted octanol–water partition coefficient (Wildman–Crippen LogP) is 2.42. The van der Waals surface area contributed by atoms with E-state index >= 15 is 0 Å². The van der Waals surface area contributed by atoms with Gasteiger partial charge in [-0.15, -0.1) is 0 Å². The molecule has 0 aliphatic heterocycles. The van der Waals surface area contributed by atoms with Gasteiger partial charge in [0.05, 0.1) is 5.69 Å². The summed E-state index contributed by atoms with van der Waals surface area (Å²) in [5.74, 6) is 0.939. The van der Waals surface area contributed by atoms with Gasteiger partial charge in [-0.3, -0.25) is 0 Å². The molecule has 4 nitrogen and oxygen atoms in total. The highest BCUT2D eigenvalue weighted by atomic mass is 79.9. The van der Waals surface area contributed by atoms with Gasteiger partial charge in [-0.1, -0.05) is 6.07 Å². The van der Waals surface area contributed by atoms with Crippen LogP contribution in [0.1, 0.15) is 11.4 Å². The SMILES string of the molecule is Cc1nccn1-c1ccc(CNO)cc1Br. The smallest absolute Gasteiger partial charge is 0.110 e. The van der Waals surface area contributed by atoms with Gasteiger partial charge in [0, 0.05) is 23.4 Å². The Kier molecular flexibility index (Phi) is 3.38. The Morgan fingerprint density at radius 3 is 2.88 bits per heavy atom. The molecule has 2 aromatic rings. The summed E-state index contributed by atoms with van der Waals surface area (Å²) in [5, 5.41) is 8.63. The summed E-state index contributed by atoms with van der Waals surface area (Å²) < 4.78 is 2.97. The van der Waals surface area contributed by atoms with Crippen LogP contribution < -0.4 is 5.48 Å². The van der Waals surface area contributed by atoms with Gasteiger partial charge >= 0.3 is 0 Å². The van der Waals surface area contributed by atoms with Gasteiger partial charge < -0.3 is 9.77 Å². The second-order valence-electron chi connectivity index (χ2n) is 3.47. The van der Waals surface area contributed by atoms with Crippen molar-refractivity contribution in [2.45, 2.75) is 13.5 Å². The quantitative estimate of drug-likeness (QED) is 0.850. The van der Waals surface area contributed by atoms with Crippen molar-refractivity contribution >= 4 is 15.9 Å². The summed E-state index contributed by atoms with van der Waals surface area (Å²) in [7, 11) is 0. The third-order valence-corrected chi connectivity index (χ3v) is 3.02. The summed E-state index contributed by atoms with van der Waals surface area (Å²) in [5.41, 5.74) is 4.19. The number of hydroxylamine groups is 1.